The van der Waals surface area contributed by atoms with E-state index < -0.39 is 0 Å². The molecule has 0 aromatic heterocycles. The number of hydrogen-bond donors (Lipinski definition) is 1. The third-order valence-corrected chi connectivity index (χ3v) is 2.20. The summed E-state index contributed by atoms with van der Waals surface area (Å²) in [6, 6.07) is 0.156. The second-order valence-electron chi connectivity index (χ2n) is 2.76. The molecule has 3 aliphatic rings. The van der Waals surface area contributed by atoms with Gasteiger partial charge < -0.3 is 5.32 Å². The van der Waals surface area contributed by atoms with E-state index >= 15 is 0 Å². The molecular weight excluding hydrogens is 128 g/mol. The highest BCUT2D eigenvalue weighted by Gasteiger charge is 2.49. The normalized spacial score (nSPS) is 37.0. The summed E-state index contributed by atoms with van der Waals surface area (Å²) in [6.45, 7) is 4.45. The van der Waals surface area contributed by atoms with Crippen molar-refractivity contribution in [3.05, 3.63) is 12.7 Å². The number of amides is 1. The summed E-state index contributed by atoms with van der Waals surface area (Å²) in [5.74, 6) is 0.187. The molecule has 2 unspecified atom stereocenters. The Balaban J connectivity index is 2.04. The Morgan fingerprint density at radius 3 is 3.10 bits per heavy atom. The molecule has 3 heteroatoms. The molecule has 3 aliphatic heterocycles. The lowest BCUT2D eigenvalue weighted by Crippen LogP contribution is -2.51. The summed E-state index contributed by atoms with van der Waals surface area (Å²) < 4.78 is 0. The Hall–Kier alpha value is -0.830. The number of nitrogens with one attached hydrogen (secondary N) is 1. The second-order valence-corrected chi connectivity index (χ2v) is 2.76. The van der Waals surface area contributed by atoms with Gasteiger partial charge in [0.1, 0.15) is 0 Å². The van der Waals surface area contributed by atoms with Gasteiger partial charge in [-0.1, -0.05) is 6.08 Å². The average Bonchev–Trinajstić information content (AvgIpc) is 2.37. The molecule has 3 nitrogen and oxygen atoms in total. The summed E-state index contributed by atoms with van der Waals surface area (Å²) in [5, 5.41) is 2.86. The van der Waals surface area contributed by atoms with Gasteiger partial charge in [0.15, 0.2) is 0 Å². The molecule has 10 heavy (non-hydrogen) atoms. The number of fused-ring (bicyclic) bond motifs is 1. The van der Waals surface area contributed by atoms with Crippen molar-refractivity contribution in [3.63, 3.8) is 0 Å². The van der Waals surface area contributed by atoms with E-state index in [-0.39, 0.29) is 11.9 Å². The third-order valence-electron chi connectivity index (χ3n) is 2.20. The topological polar surface area (TPSA) is 32.3 Å². The van der Waals surface area contributed by atoms with Crippen molar-refractivity contribution in [1.29, 1.82) is 0 Å². The quantitative estimate of drug-likeness (QED) is 0.531. The Bertz CT molecular complexity index is 190. The molecule has 2 bridgehead atoms. The zero-order valence-corrected chi connectivity index (χ0v) is 5.71. The van der Waals surface area contributed by atoms with Gasteiger partial charge in [0.05, 0.1) is 12.2 Å². The van der Waals surface area contributed by atoms with Crippen molar-refractivity contribution in [2.75, 3.05) is 6.54 Å². The fraction of sp³-hybridized carbons (Fsp3) is 0.571. The van der Waals surface area contributed by atoms with Crippen LogP contribution in [0.1, 0.15) is 6.42 Å². The van der Waals surface area contributed by atoms with Gasteiger partial charge in [-0.05, 0) is 0 Å². The highest BCUT2D eigenvalue weighted by Crippen LogP contribution is 2.29. The third kappa shape index (κ3) is 0.555. The fourth-order valence-electron chi connectivity index (χ4n) is 1.62. The summed E-state index contributed by atoms with van der Waals surface area (Å²) in [7, 11) is 0. The van der Waals surface area contributed by atoms with E-state index in [1.807, 2.05) is 6.08 Å². The van der Waals surface area contributed by atoms with Crippen molar-refractivity contribution in [2.24, 2.45) is 0 Å². The standard InChI is InChI=1S/C7H10N2O/c1-2-3-9-5-4-6(9)8-7(5)10/h2,5-6H,1,3-4H2,(H,8,10). The molecule has 3 rings (SSSR count). The molecule has 1 N–H and O–H groups in total. The van der Waals surface area contributed by atoms with Crippen LogP contribution in [-0.4, -0.2) is 29.6 Å². The van der Waals surface area contributed by atoms with Gasteiger partial charge in [0.2, 0.25) is 5.91 Å². The lowest BCUT2D eigenvalue weighted by molar-refractivity contribution is -0.121. The Kier molecular flexibility index (Phi) is 1.08. The minimum absolute atomic E-state index is 0.156. The van der Waals surface area contributed by atoms with E-state index in [0.29, 0.717) is 6.17 Å². The smallest absolute Gasteiger partial charge is 0.238 e. The van der Waals surface area contributed by atoms with Crippen molar-refractivity contribution in [3.8, 4) is 0 Å². The number of nitrogens with zero attached hydrogens (tertiary/aromatic N) is 1. The molecule has 0 spiro atoms. The molecule has 3 saturated heterocycles. The molecule has 0 radical (unpaired) electrons. The van der Waals surface area contributed by atoms with Crippen LogP contribution in [0.15, 0.2) is 12.7 Å². The number of hydrogen-bond acceptors (Lipinski definition) is 2. The summed E-state index contributed by atoms with van der Waals surface area (Å²) in [6.07, 6.45) is 3.14. The molecule has 2 atom stereocenters. The van der Waals surface area contributed by atoms with E-state index in [1.165, 1.54) is 0 Å². The van der Waals surface area contributed by atoms with Gasteiger partial charge in [0, 0.05) is 13.0 Å². The average molecular weight is 138 g/mol. The molecule has 3 heterocycles. The predicted octanol–water partition coefficient (Wildman–Crippen LogP) is -0.297. The van der Waals surface area contributed by atoms with E-state index in [4.69, 9.17) is 0 Å². The second kappa shape index (κ2) is 1.83. The van der Waals surface area contributed by atoms with Crippen LogP contribution in [0.5, 0.6) is 0 Å². The van der Waals surface area contributed by atoms with Crippen LogP contribution < -0.4 is 5.32 Å². The Morgan fingerprint density at radius 2 is 2.70 bits per heavy atom. The van der Waals surface area contributed by atoms with E-state index in [1.54, 1.807) is 0 Å². The van der Waals surface area contributed by atoms with Gasteiger partial charge in [-0.25, -0.2) is 0 Å². The number of carbonyl (C=O) groups is 1. The summed E-state index contributed by atoms with van der Waals surface area (Å²) in [5.41, 5.74) is 0. The van der Waals surface area contributed by atoms with Gasteiger partial charge in [-0.15, -0.1) is 6.58 Å². The first-order valence-corrected chi connectivity index (χ1v) is 3.50. The predicted molar refractivity (Wildman–Crippen MR) is 37.2 cm³/mol. The first-order chi connectivity index (χ1) is 4.83. The Morgan fingerprint density at radius 1 is 1.90 bits per heavy atom. The summed E-state index contributed by atoms with van der Waals surface area (Å²) >= 11 is 0. The van der Waals surface area contributed by atoms with E-state index in [9.17, 15) is 4.79 Å². The Labute approximate surface area is 59.7 Å². The molecular formula is C7H10N2O. The maximum atomic E-state index is 10.9. The van der Waals surface area contributed by atoms with E-state index in [2.05, 4.69) is 16.8 Å². The first kappa shape index (κ1) is 5.92. The van der Waals surface area contributed by atoms with Crippen molar-refractivity contribution in [1.82, 2.24) is 10.2 Å². The monoisotopic (exact) mass is 138 g/mol. The first-order valence-electron chi connectivity index (χ1n) is 3.50. The van der Waals surface area contributed by atoms with Crippen LogP contribution >= 0.6 is 0 Å². The van der Waals surface area contributed by atoms with Crippen LogP contribution in [0.25, 0.3) is 0 Å². The molecule has 1 amide bonds. The lowest BCUT2D eigenvalue weighted by atomic mass is 10.1. The highest BCUT2D eigenvalue weighted by atomic mass is 16.2. The lowest BCUT2D eigenvalue weighted by Gasteiger charge is -2.36. The highest BCUT2D eigenvalue weighted by molar-refractivity contribution is 5.87. The minimum atomic E-state index is 0.156. The molecule has 0 aromatic carbocycles. The molecule has 54 valence electrons. The number of rotatable bonds is 2. The zero-order valence-electron chi connectivity index (χ0n) is 5.71. The van der Waals surface area contributed by atoms with Crippen LogP contribution in [0.4, 0.5) is 0 Å². The van der Waals surface area contributed by atoms with Crippen LogP contribution in [-0.2, 0) is 4.79 Å². The van der Waals surface area contributed by atoms with Gasteiger partial charge in [-0.2, -0.15) is 0 Å². The maximum absolute atomic E-state index is 10.9. The van der Waals surface area contributed by atoms with Crippen LogP contribution in [0.2, 0.25) is 0 Å². The van der Waals surface area contributed by atoms with Gasteiger partial charge >= 0.3 is 0 Å². The van der Waals surface area contributed by atoms with Gasteiger partial charge in [0.25, 0.3) is 0 Å². The van der Waals surface area contributed by atoms with Crippen LogP contribution in [0, 0.1) is 0 Å². The zero-order chi connectivity index (χ0) is 7.14. The molecule has 0 aliphatic carbocycles. The van der Waals surface area contributed by atoms with Crippen molar-refractivity contribution >= 4 is 5.91 Å². The maximum Gasteiger partial charge on any atom is 0.238 e. The molecule has 3 fully saturated rings. The fourth-order valence-corrected chi connectivity index (χ4v) is 1.62. The summed E-state index contributed by atoms with van der Waals surface area (Å²) in [4.78, 5) is 13.0. The van der Waals surface area contributed by atoms with Crippen molar-refractivity contribution in [2.45, 2.75) is 18.6 Å². The molecule has 0 saturated carbocycles. The number of carbonyl (C=O) groups excluding carboxylic acids is 1. The van der Waals surface area contributed by atoms with Gasteiger partial charge in [-0.3, -0.25) is 9.69 Å². The van der Waals surface area contributed by atoms with Crippen LogP contribution in [0.3, 0.4) is 0 Å². The minimum Gasteiger partial charge on any atom is -0.339 e. The van der Waals surface area contributed by atoms with E-state index in [0.717, 1.165) is 13.0 Å². The van der Waals surface area contributed by atoms with Crippen molar-refractivity contribution < 1.29 is 4.79 Å². The largest absolute Gasteiger partial charge is 0.339 e. The SMILES string of the molecule is C=CCN1C2CC1C(=O)N2. The molecule has 0 aromatic rings.